The second-order valence-electron chi connectivity index (χ2n) is 14.0. The molecule has 0 bridgehead atoms. The predicted octanol–water partition coefficient (Wildman–Crippen LogP) is 4.89. The average molecular weight is 663 g/mol. The lowest BCUT2D eigenvalue weighted by Crippen LogP contribution is -2.58. The highest BCUT2D eigenvalue weighted by molar-refractivity contribution is 7.86. The fourth-order valence-corrected chi connectivity index (χ4v) is 10.00. The molecule has 4 rings (SSSR count). The Balaban J connectivity index is 1.32. The lowest BCUT2D eigenvalue weighted by atomic mass is 9.43. The molecule has 4 fully saturated rings. The number of ether oxygens (including phenoxy) is 2. The van der Waals surface area contributed by atoms with Crippen LogP contribution in [0, 0.1) is 46.3 Å². The van der Waals surface area contributed by atoms with E-state index in [9.17, 15) is 50.2 Å². The number of carbonyl (C=O) groups excluding carboxylic acids is 2. The summed E-state index contributed by atoms with van der Waals surface area (Å²) in [5, 5.41) is 16.0. The molecule has 0 radical (unpaired) electrons. The molecule has 4 aliphatic carbocycles. The summed E-state index contributed by atoms with van der Waals surface area (Å²) >= 11 is 0. The van der Waals surface area contributed by atoms with Gasteiger partial charge in [0.05, 0.1) is 12.2 Å². The molecule has 254 valence electrons. The third-order valence-corrected chi connectivity index (χ3v) is 12.8. The number of fused-ring (bicyclic) bond motifs is 5. The molecule has 11 atom stereocenters. The smallest absolute Gasteiger partial charge is 0.432 e. The molecule has 0 aromatic rings. The standard InChI is InChI=1S/C29H43F5O9S/c1-15(4-9-23(37)42-14-24(38)43-25(28(30,31)32)29(33,34)44(39,40)41)19-7-8-20-18-6-5-16-12-17(35)10-11-26(16,2)21(18)13-22(36)27(19,20)3/h15-22,25,35-36H,4-14H2,1-3H3,(H,39,40,41)/t15-,16?,17-,18+,19-,20+,21+,22+,25?,26+,27-/m1/s1. The van der Waals surface area contributed by atoms with Gasteiger partial charge in [-0.3, -0.25) is 9.35 Å². The van der Waals surface area contributed by atoms with Crippen LogP contribution in [0.3, 0.4) is 0 Å². The number of alkyl halides is 5. The summed E-state index contributed by atoms with van der Waals surface area (Å²) < 4.78 is 104. The molecule has 4 aliphatic rings. The van der Waals surface area contributed by atoms with Crippen LogP contribution in [0.4, 0.5) is 22.0 Å². The van der Waals surface area contributed by atoms with Gasteiger partial charge in [0.2, 0.25) is 0 Å². The number of carbonyl (C=O) groups is 2. The number of esters is 2. The van der Waals surface area contributed by atoms with E-state index in [2.05, 4.69) is 23.3 Å². The topological polar surface area (TPSA) is 147 Å². The maximum Gasteiger partial charge on any atom is 0.432 e. The van der Waals surface area contributed by atoms with Gasteiger partial charge in [0.1, 0.15) is 0 Å². The van der Waals surface area contributed by atoms with Crippen molar-refractivity contribution in [3.63, 3.8) is 0 Å². The Labute approximate surface area is 254 Å². The molecule has 0 amide bonds. The van der Waals surface area contributed by atoms with E-state index in [0.29, 0.717) is 30.1 Å². The van der Waals surface area contributed by atoms with E-state index in [0.717, 1.165) is 44.9 Å². The zero-order chi connectivity index (χ0) is 33.0. The summed E-state index contributed by atoms with van der Waals surface area (Å²) in [7, 11) is -6.59. The second kappa shape index (κ2) is 12.2. The van der Waals surface area contributed by atoms with Crippen molar-refractivity contribution in [3.8, 4) is 0 Å². The molecule has 4 saturated carbocycles. The first kappa shape index (κ1) is 35.3. The molecule has 3 N–H and O–H groups in total. The highest BCUT2D eigenvalue weighted by Gasteiger charge is 2.66. The van der Waals surface area contributed by atoms with Crippen LogP contribution in [0.1, 0.15) is 85.0 Å². The number of aliphatic hydroxyl groups is 2. The first-order valence-corrected chi connectivity index (χ1v) is 16.7. The zero-order valence-corrected chi connectivity index (χ0v) is 25.9. The fraction of sp³-hybridized carbons (Fsp3) is 0.931. The van der Waals surface area contributed by atoms with Gasteiger partial charge in [0.15, 0.2) is 6.61 Å². The summed E-state index contributed by atoms with van der Waals surface area (Å²) in [5.41, 5.74) is -0.294. The maximum absolute atomic E-state index is 13.6. The van der Waals surface area contributed by atoms with Gasteiger partial charge in [0, 0.05) is 6.42 Å². The Morgan fingerprint density at radius 1 is 0.955 bits per heavy atom. The van der Waals surface area contributed by atoms with Gasteiger partial charge < -0.3 is 19.7 Å². The third-order valence-electron chi connectivity index (χ3n) is 11.9. The van der Waals surface area contributed by atoms with Crippen molar-refractivity contribution in [1.82, 2.24) is 0 Å². The molecule has 9 nitrogen and oxygen atoms in total. The maximum atomic E-state index is 13.6. The summed E-state index contributed by atoms with van der Waals surface area (Å²) in [5.74, 6) is -1.46. The van der Waals surface area contributed by atoms with Crippen LogP contribution in [0.15, 0.2) is 0 Å². The van der Waals surface area contributed by atoms with E-state index in [1.165, 1.54) is 0 Å². The summed E-state index contributed by atoms with van der Waals surface area (Å²) in [6.45, 7) is 4.93. The minimum Gasteiger partial charge on any atom is -0.454 e. The van der Waals surface area contributed by atoms with Gasteiger partial charge in [-0.1, -0.05) is 20.8 Å². The molecule has 15 heteroatoms. The fourth-order valence-electron chi connectivity index (χ4n) is 9.55. The van der Waals surface area contributed by atoms with Crippen LogP contribution in [-0.2, 0) is 29.2 Å². The molecule has 0 aromatic carbocycles. The Hall–Kier alpha value is -1.58. The van der Waals surface area contributed by atoms with Gasteiger partial charge in [0.25, 0.3) is 6.10 Å². The number of halogens is 5. The summed E-state index contributed by atoms with van der Waals surface area (Å²) in [6, 6.07) is 0. The minimum absolute atomic E-state index is 0.0597. The summed E-state index contributed by atoms with van der Waals surface area (Å²) in [6.07, 6.45) is -4.18. The van der Waals surface area contributed by atoms with E-state index in [1.807, 2.05) is 6.92 Å². The van der Waals surface area contributed by atoms with Gasteiger partial charge >= 0.3 is 33.5 Å². The van der Waals surface area contributed by atoms with Gasteiger partial charge in [-0.2, -0.15) is 30.4 Å². The molecule has 0 aliphatic heterocycles. The van der Waals surface area contributed by atoms with Crippen LogP contribution in [0.2, 0.25) is 0 Å². The normalized spacial score (nSPS) is 38.9. The van der Waals surface area contributed by atoms with E-state index < -0.39 is 52.3 Å². The number of rotatable bonds is 9. The molecule has 0 saturated heterocycles. The highest BCUT2D eigenvalue weighted by atomic mass is 32.2. The molecule has 2 unspecified atom stereocenters. The number of hydrogen-bond donors (Lipinski definition) is 3. The van der Waals surface area contributed by atoms with Gasteiger partial charge in [-0.25, -0.2) is 4.79 Å². The van der Waals surface area contributed by atoms with Crippen molar-refractivity contribution in [3.05, 3.63) is 0 Å². The van der Waals surface area contributed by atoms with Crippen LogP contribution in [-0.4, -0.2) is 71.5 Å². The van der Waals surface area contributed by atoms with Crippen molar-refractivity contribution < 1.29 is 64.2 Å². The number of aliphatic hydroxyl groups excluding tert-OH is 2. The Kier molecular flexibility index (Phi) is 9.80. The Morgan fingerprint density at radius 3 is 2.23 bits per heavy atom. The quantitative estimate of drug-likeness (QED) is 0.178. The molecule has 0 spiro atoms. The molecular weight excluding hydrogens is 619 g/mol. The van der Waals surface area contributed by atoms with Crippen molar-refractivity contribution >= 4 is 22.1 Å². The Morgan fingerprint density at radius 2 is 1.61 bits per heavy atom. The van der Waals surface area contributed by atoms with Crippen molar-refractivity contribution in [2.75, 3.05) is 6.61 Å². The average Bonchev–Trinajstić information content (AvgIpc) is 3.27. The third kappa shape index (κ3) is 6.35. The first-order chi connectivity index (χ1) is 20.1. The zero-order valence-electron chi connectivity index (χ0n) is 25.1. The van der Waals surface area contributed by atoms with Crippen molar-refractivity contribution in [2.45, 2.75) is 115 Å². The predicted molar refractivity (Wildman–Crippen MR) is 144 cm³/mol. The lowest BCUT2D eigenvalue weighted by Gasteiger charge is -2.62. The monoisotopic (exact) mass is 662 g/mol. The van der Waals surface area contributed by atoms with Gasteiger partial charge in [-0.05, 0) is 104 Å². The van der Waals surface area contributed by atoms with E-state index >= 15 is 0 Å². The van der Waals surface area contributed by atoms with E-state index in [-0.39, 0.29) is 41.6 Å². The molecule has 0 heterocycles. The summed E-state index contributed by atoms with van der Waals surface area (Å²) in [4.78, 5) is 24.1. The molecule has 44 heavy (non-hydrogen) atoms. The van der Waals surface area contributed by atoms with Crippen molar-refractivity contribution in [1.29, 1.82) is 0 Å². The van der Waals surface area contributed by atoms with Crippen LogP contribution >= 0.6 is 0 Å². The highest BCUT2D eigenvalue weighted by Crippen LogP contribution is 2.68. The van der Waals surface area contributed by atoms with Crippen LogP contribution in [0.5, 0.6) is 0 Å². The minimum atomic E-state index is -6.59. The molecule has 0 aromatic heterocycles. The van der Waals surface area contributed by atoms with E-state index in [4.69, 9.17) is 4.55 Å². The van der Waals surface area contributed by atoms with Crippen LogP contribution in [0.25, 0.3) is 0 Å². The molecular formula is C29H43F5O9S. The Bertz CT molecular complexity index is 1200. The first-order valence-electron chi connectivity index (χ1n) is 15.3. The largest absolute Gasteiger partial charge is 0.454 e. The van der Waals surface area contributed by atoms with E-state index in [1.54, 1.807) is 0 Å². The van der Waals surface area contributed by atoms with Crippen molar-refractivity contribution in [2.24, 2.45) is 46.3 Å². The SMILES string of the molecule is C[C@H](CCC(=O)OCC(=O)OC(C(F)(F)F)C(F)(F)S(=O)(=O)O)[C@H]1CC[C@H]2[C@@H]3CCC4C[C@H](O)CC[C@]4(C)[C@H]3C[C@H](O)[C@]12C. The second-order valence-corrected chi connectivity index (χ2v) is 15.5. The lowest BCUT2D eigenvalue weighted by molar-refractivity contribution is -0.260. The van der Waals surface area contributed by atoms with Gasteiger partial charge in [-0.15, -0.1) is 0 Å². The van der Waals surface area contributed by atoms with Crippen LogP contribution < -0.4 is 0 Å². The number of hydrogen-bond acceptors (Lipinski definition) is 8.